The molecule has 2 fully saturated rings. The molecule has 2 aromatic rings. The number of benzene rings is 2. The Bertz CT molecular complexity index is 1100. The van der Waals surface area contributed by atoms with E-state index in [4.69, 9.17) is 0 Å². The molecular weight excluding hydrogens is 476 g/mol. The minimum atomic E-state index is -1.71. The number of carbonyl (C=O) groups is 3. The highest BCUT2D eigenvalue weighted by atomic mass is 79.9. The van der Waals surface area contributed by atoms with Crippen molar-refractivity contribution < 1.29 is 24.6 Å². The molecule has 2 aliphatic rings. The molecule has 0 spiro atoms. The Morgan fingerprint density at radius 3 is 2.38 bits per heavy atom. The van der Waals surface area contributed by atoms with Crippen LogP contribution in [0.5, 0.6) is 5.75 Å². The lowest BCUT2D eigenvalue weighted by Gasteiger charge is -2.35. The molecule has 2 aliphatic heterocycles. The van der Waals surface area contributed by atoms with Gasteiger partial charge in [-0.15, -0.1) is 0 Å². The van der Waals surface area contributed by atoms with Gasteiger partial charge in [0.15, 0.2) is 0 Å². The van der Waals surface area contributed by atoms with Gasteiger partial charge in [-0.3, -0.25) is 24.6 Å². The van der Waals surface area contributed by atoms with Gasteiger partial charge in [0, 0.05) is 28.0 Å². The van der Waals surface area contributed by atoms with Gasteiger partial charge in [0.05, 0.1) is 11.8 Å². The van der Waals surface area contributed by atoms with Crippen molar-refractivity contribution in [3.8, 4) is 5.75 Å². The van der Waals surface area contributed by atoms with Crippen molar-refractivity contribution in [1.82, 2.24) is 10.2 Å². The predicted octanol–water partition coefficient (Wildman–Crippen LogP) is 3.26. The zero-order valence-electron chi connectivity index (χ0n) is 18.0. The summed E-state index contributed by atoms with van der Waals surface area (Å²) in [5.41, 5.74) is -1.41. The third-order valence-electron chi connectivity index (χ3n) is 6.36. The number of rotatable bonds is 4. The summed E-state index contributed by atoms with van der Waals surface area (Å²) in [6, 6.07) is 13.0. The Labute approximate surface area is 194 Å². The van der Waals surface area contributed by atoms with Crippen LogP contribution in [0.3, 0.4) is 0 Å². The largest absolute Gasteiger partial charge is 0.508 e. The average molecular weight is 501 g/mol. The molecule has 2 amide bonds. The first-order valence-electron chi connectivity index (χ1n) is 10.4. The Morgan fingerprint density at radius 2 is 1.78 bits per heavy atom. The zero-order chi connectivity index (χ0) is 23.4. The van der Waals surface area contributed by atoms with Crippen LogP contribution in [-0.4, -0.2) is 44.0 Å². The fourth-order valence-corrected chi connectivity index (χ4v) is 5.44. The topological polar surface area (TPSA) is 107 Å². The number of fused-ring (bicyclic) bond motifs is 1. The molecule has 8 heteroatoms. The van der Waals surface area contributed by atoms with E-state index in [1.165, 1.54) is 11.0 Å². The molecule has 0 saturated carbocycles. The van der Waals surface area contributed by atoms with Gasteiger partial charge in [-0.2, -0.15) is 0 Å². The smallest absolute Gasteiger partial charge is 0.325 e. The number of carboxylic acids is 1. The standard InChI is InChI=1S/C24H25BrN2O5/c1-23(2,3)27-20(29)17-18(21(27)30)24(22(31)32,12-13-7-5-4-6-8-13)26-19(17)15-11-14(25)9-10-16(15)28/h4-11,17-19,26,28H,12H2,1-3H3,(H,31,32). The van der Waals surface area contributed by atoms with Gasteiger partial charge >= 0.3 is 5.97 Å². The number of aliphatic carboxylic acids is 1. The van der Waals surface area contributed by atoms with Crippen LogP contribution >= 0.6 is 15.9 Å². The van der Waals surface area contributed by atoms with Crippen molar-refractivity contribution in [2.24, 2.45) is 11.8 Å². The number of carbonyl (C=O) groups excluding carboxylic acids is 2. The lowest BCUT2D eigenvalue weighted by molar-refractivity contribution is -0.153. The predicted molar refractivity (Wildman–Crippen MR) is 121 cm³/mol. The monoisotopic (exact) mass is 500 g/mol. The molecule has 2 heterocycles. The first-order chi connectivity index (χ1) is 15.0. The molecule has 168 valence electrons. The van der Waals surface area contributed by atoms with Crippen LogP contribution in [0.2, 0.25) is 0 Å². The molecule has 3 N–H and O–H groups in total. The van der Waals surface area contributed by atoms with Gasteiger partial charge in [-0.25, -0.2) is 0 Å². The van der Waals surface area contributed by atoms with Crippen molar-refractivity contribution in [3.63, 3.8) is 0 Å². The van der Waals surface area contributed by atoms with Gasteiger partial charge in [-0.05, 0) is 44.5 Å². The van der Waals surface area contributed by atoms with Gasteiger partial charge in [0.2, 0.25) is 11.8 Å². The minimum absolute atomic E-state index is 0.0204. The van der Waals surface area contributed by atoms with Crippen molar-refractivity contribution in [2.45, 2.75) is 44.3 Å². The number of phenols is 1. The highest BCUT2D eigenvalue weighted by molar-refractivity contribution is 9.10. The van der Waals surface area contributed by atoms with E-state index in [1.807, 2.05) is 6.07 Å². The van der Waals surface area contributed by atoms with Crippen molar-refractivity contribution in [3.05, 3.63) is 64.1 Å². The third-order valence-corrected chi connectivity index (χ3v) is 6.85. The van der Waals surface area contributed by atoms with E-state index in [0.29, 0.717) is 10.0 Å². The second-order valence-corrected chi connectivity index (χ2v) is 10.4. The Balaban J connectivity index is 1.91. The quantitative estimate of drug-likeness (QED) is 0.556. The fourth-order valence-electron chi connectivity index (χ4n) is 5.06. The first-order valence-corrected chi connectivity index (χ1v) is 11.2. The minimum Gasteiger partial charge on any atom is -0.508 e. The second-order valence-electron chi connectivity index (χ2n) is 9.45. The number of hydrogen-bond donors (Lipinski definition) is 3. The number of likely N-dealkylation sites (tertiary alicyclic amines) is 1. The molecule has 32 heavy (non-hydrogen) atoms. The molecule has 7 nitrogen and oxygen atoms in total. The Kier molecular flexibility index (Phi) is 5.41. The number of nitrogens with zero attached hydrogens (tertiary/aromatic N) is 1. The number of amides is 2. The van der Waals surface area contributed by atoms with Gasteiger partial charge in [-0.1, -0.05) is 46.3 Å². The lowest BCUT2D eigenvalue weighted by atomic mass is 9.76. The number of carboxylic acid groups (broad SMARTS) is 1. The van der Waals surface area contributed by atoms with Crippen LogP contribution in [0.1, 0.15) is 37.9 Å². The number of phenolic OH excluding ortho intramolecular Hbond substituents is 1. The number of aromatic hydroxyl groups is 1. The van der Waals surface area contributed by atoms with Crippen LogP contribution in [0, 0.1) is 11.8 Å². The van der Waals surface area contributed by atoms with Crippen LogP contribution in [0.25, 0.3) is 0 Å². The summed E-state index contributed by atoms with van der Waals surface area (Å²) in [4.78, 5) is 41.2. The number of nitrogens with one attached hydrogen (secondary N) is 1. The summed E-state index contributed by atoms with van der Waals surface area (Å²) in [6.45, 7) is 5.26. The summed E-state index contributed by atoms with van der Waals surface area (Å²) in [5, 5.41) is 24.1. The van der Waals surface area contributed by atoms with Crippen LogP contribution in [0.15, 0.2) is 53.0 Å². The molecule has 2 aromatic carbocycles. The summed E-state index contributed by atoms with van der Waals surface area (Å²) in [7, 11) is 0. The number of hydrogen-bond acceptors (Lipinski definition) is 5. The molecular formula is C24H25BrN2O5. The summed E-state index contributed by atoms with van der Waals surface area (Å²) < 4.78 is 0.670. The van der Waals surface area contributed by atoms with E-state index in [-0.39, 0.29) is 12.2 Å². The van der Waals surface area contributed by atoms with Crippen molar-refractivity contribution >= 4 is 33.7 Å². The lowest BCUT2D eigenvalue weighted by Crippen LogP contribution is -2.58. The van der Waals surface area contributed by atoms with E-state index in [1.54, 1.807) is 57.2 Å². The van der Waals surface area contributed by atoms with E-state index < -0.39 is 46.7 Å². The van der Waals surface area contributed by atoms with E-state index in [0.717, 1.165) is 5.56 Å². The molecule has 4 unspecified atom stereocenters. The third kappa shape index (κ3) is 3.42. The maximum absolute atomic E-state index is 13.6. The maximum Gasteiger partial charge on any atom is 0.325 e. The zero-order valence-corrected chi connectivity index (χ0v) is 19.6. The van der Waals surface area contributed by atoms with E-state index in [9.17, 15) is 24.6 Å². The number of halogens is 1. The van der Waals surface area contributed by atoms with E-state index in [2.05, 4.69) is 21.2 Å². The molecule has 4 atom stereocenters. The summed E-state index contributed by atoms with van der Waals surface area (Å²) in [5.74, 6) is -4.28. The second kappa shape index (κ2) is 7.71. The van der Waals surface area contributed by atoms with Crippen LogP contribution in [-0.2, 0) is 20.8 Å². The Morgan fingerprint density at radius 1 is 1.12 bits per heavy atom. The maximum atomic E-state index is 13.6. The van der Waals surface area contributed by atoms with Gasteiger partial charge < -0.3 is 10.2 Å². The summed E-state index contributed by atoms with van der Waals surface area (Å²) >= 11 is 3.38. The Hall–Kier alpha value is -2.71. The van der Waals surface area contributed by atoms with Crippen molar-refractivity contribution in [2.75, 3.05) is 0 Å². The van der Waals surface area contributed by atoms with E-state index >= 15 is 0 Å². The highest BCUT2D eigenvalue weighted by Gasteiger charge is 2.69. The van der Waals surface area contributed by atoms with Crippen LogP contribution in [0.4, 0.5) is 0 Å². The average Bonchev–Trinajstić information content (AvgIpc) is 3.19. The molecule has 4 rings (SSSR count). The van der Waals surface area contributed by atoms with Gasteiger partial charge in [0.25, 0.3) is 0 Å². The SMILES string of the molecule is CC(C)(C)N1C(=O)C2C(c3cc(Br)ccc3O)NC(Cc3ccccc3)(C(=O)O)C2C1=O. The van der Waals surface area contributed by atoms with Gasteiger partial charge in [0.1, 0.15) is 11.3 Å². The normalized spacial score (nSPS) is 27.6. The number of imide groups is 1. The summed E-state index contributed by atoms with van der Waals surface area (Å²) in [6.07, 6.45) is 0.0204. The highest BCUT2D eigenvalue weighted by Crippen LogP contribution is 2.52. The van der Waals surface area contributed by atoms with Crippen molar-refractivity contribution in [1.29, 1.82) is 0 Å². The molecule has 0 aromatic heterocycles. The molecule has 2 saturated heterocycles. The fraction of sp³-hybridized carbons (Fsp3) is 0.375. The molecule has 0 bridgehead atoms. The molecule has 0 aliphatic carbocycles. The molecule has 0 radical (unpaired) electrons. The van der Waals surface area contributed by atoms with Crippen LogP contribution < -0.4 is 5.32 Å². The first kappa shape index (κ1) is 22.5.